The average molecular weight is 256 g/mol. The highest BCUT2D eigenvalue weighted by Gasteiger charge is 2.37. The lowest BCUT2D eigenvalue weighted by Gasteiger charge is -2.13. The lowest BCUT2D eigenvalue weighted by Crippen LogP contribution is -2.11. The maximum Gasteiger partial charge on any atom is 0.416 e. The van der Waals surface area contributed by atoms with Crippen molar-refractivity contribution in [2.24, 2.45) is 0 Å². The molecule has 1 rings (SSSR count). The predicted octanol–water partition coefficient (Wildman–Crippen LogP) is 4.25. The monoisotopic (exact) mass is 256 g/mol. The zero-order valence-corrected chi connectivity index (χ0v) is 8.15. The third-order valence-corrected chi connectivity index (χ3v) is 1.92. The third-order valence-electron chi connectivity index (χ3n) is 1.92. The smallest absolute Gasteiger partial charge is 0.416 e. The van der Waals surface area contributed by atoms with Crippen LogP contribution >= 0.6 is 0 Å². The first-order valence-corrected chi connectivity index (χ1v) is 4.19. The van der Waals surface area contributed by atoms with E-state index >= 15 is 0 Å². The molecule has 1 nitrogen and oxygen atoms in total. The molecule has 17 heavy (non-hydrogen) atoms. The fraction of sp³-hybridized carbons (Fsp3) is 0.200. The van der Waals surface area contributed by atoms with Crippen LogP contribution < -0.4 is 0 Å². The van der Waals surface area contributed by atoms with E-state index in [1.54, 1.807) is 0 Å². The van der Waals surface area contributed by atoms with Gasteiger partial charge in [0.25, 0.3) is 0 Å². The Balaban J connectivity index is 3.45. The van der Waals surface area contributed by atoms with Crippen molar-refractivity contribution in [2.75, 3.05) is 0 Å². The minimum atomic E-state index is -4.93. The Morgan fingerprint density at radius 2 is 1.24 bits per heavy atom. The van der Waals surface area contributed by atoms with Crippen molar-refractivity contribution < 1.29 is 31.4 Å². The zero-order chi connectivity index (χ0) is 13.4. The zero-order valence-electron chi connectivity index (χ0n) is 8.15. The lowest BCUT2D eigenvalue weighted by atomic mass is 10.0. The van der Waals surface area contributed by atoms with Gasteiger partial charge < -0.3 is 5.11 Å². The molecule has 0 aliphatic carbocycles. The van der Waals surface area contributed by atoms with Crippen LogP contribution in [-0.2, 0) is 12.4 Å². The summed E-state index contributed by atoms with van der Waals surface area (Å²) in [4.78, 5) is 0. The number of hydrogen-bond donors (Lipinski definition) is 1. The molecule has 0 bridgehead atoms. The summed E-state index contributed by atoms with van der Waals surface area (Å²) in [7, 11) is 0. The van der Waals surface area contributed by atoms with Crippen LogP contribution in [0.25, 0.3) is 5.76 Å². The minimum absolute atomic E-state index is 0.0214. The number of benzene rings is 1. The molecule has 1 aromatic rings. The van der Waals surface area contributed by atoms with Crippen molar-refractivity contribution in [1.29, 1.82) is 0 Å². The van der Waals surface area contributed by atoms with Gasteiger partial charge in [0.05, 0.1) is 11.1 Å². The average Bonchev–Trinajstić information content (AvgIpc) is 2.14. The highest BCUT2D eigenvalue weighted by atomic mass is 19.4. The van der Waals surface area contributed by atoms with Crippen molar-refractivity contribution in [1.82, 2.24) is 0 Å². The third kappa shape index (κ3) is 3.15. The first-order chi connectivity index (χ1) is 7.51. The standard InChI is InChI=1S/C10H6F6O/c1-5(17)6-2-7(9(11,12)13)4-8(3-6)10(14,15)16/h2-4,17H,1H2. The largest absolute Gasteiger partial charge is 0.508 e. The van der Waals surface area contributed by atoms with Gasteiger partial charge in [-0.1, -0.05) is 6.58 Å². The molecule has 7 heteroatoms. The van der Waals surface area contributed by atoms with E-state index < -0.39 is 34.8 Å². The van der Waals surface area contributed by atoms with Crippen LogP contribution in [0.15, 0.2) is 24.8 Å². The molecule has 0 aromatic heterocycles. The van der Waals surface area contributed by atoms with Gasteiger partial charge in [-0.3, -0.25) is 0 Å². The van der Waals surface area contributed by atoms with E-state index in [9.17, 15) is 26.3 Å². The molecule has 0 fully saturated rings. The Bertz CT molecular complexity index is 411. The molecule has 0 aliphatic rings. The van der Waals surface area contributed by atoms with Crippen LogP contribution in [0.3, 0.4) is 0 Å². The Morgan fingerprint density at radius 3 is 1.47 bits per heavy atom. The van der Waals surface area contributed by atoms with Gasteiger partial charge >= 0.3 is 12.4 Å². The molecular formula is C10H6F6O. The molecule has 0 spiro atoms. The fourth-order valence-electron chi connectivity index (χ4n) is 1.12. The number of aliphatic hydroxyl groups is 1. The summed E-state index contributed by atoms with van der Waals surface area (Å²) in [6.07, 6.45) is -9.85. The first kappa shape index (κ1) is 13.4. The second-order valence-electron chi connectivity index (χ2n) is 3.24. The maximum atomic E-state index is 12.3. The molecule has 0 saturated carbocycles. The quantitative estimate of drug-likeness (QED) is 0.588. The molecule has 94 valence electrons. The highest BCUT2D eigenvalue weighted by molar-refractivity contribution is 5.58. The highest BCUT2D eigenvalue weighted by Crippen LogP contribution is 2.37. The molecule has 1 aromatic carbocycles. The Hall–Kier alpha value is -1.66. The van der Waals surface area contributed by atoms with Crippen LogP contribution in [-0.4, -0.2) is 5.11 Å². The minimum Gasteiger partial charge on any atom is -0.508 e. The van der Waals surface area contributed by atoms with E-state index in [1.165, 1.54) is 0 Å². The van der Waals surface area contributed by atoms with E-state index in [0.29, 0.717) is 12.1 Å². The normalized spacial score (nSPS) is 12.6. The Morgan fingerprint density at radius 1 is 0.882 bits per heavy atom. The molecule has 0 radical (unpaired) electrons. The van der Waals surface area contributed by atoms with Crippen LogP contribution in [0.1, 0.15) is 16.7 Å². The topological polar surface area (TPSA) is 20.2 Å². The van der Waals surface area contributed by atoms with Crippen LogP contribution in [0.4, 0.5) is 26.3 Å². The maximum absolute atomic E-state index is 12.3. The van der Waals surface area contributed by atoms with Crippen molar-refractivity contribution in [3.8, 4) is 0 Å². The van der Waals surface area contributed by atoms with E-state index in [-0.39, 0.29) is 6.07 Å². The van der Waals surface area contributed by atoms with Gasteiger partial charge in [0.1, 0.15) is 5.76 Å². The van der Waals surface area contributed by atoms with Crippen LogP contribution in [0, 0.1) is 0 Å². The van der Waals surface area contributed by atoms with Crippen molar-refractivity contribution in [3.63, 3.8) is 0 Å². The van der Waals surface area contributed by atoms with Gasteiger partial charge in [-0.2, -0.15) is 26.3 Å². The van der Waals surface area contributed by atoms with Gasteiger partial charge in [-0.25, -0.2) is 0 Å². The fourth-order valence-corrected chi connectivity index (χ4v) is 1.12. The number of rotatable bonds is 1. The number of hydrogen-bond acceptors (Lipinski definition) is 1. The summed E-state index contributed by atoms with van der Waals surface area (Å²) in [5, 5.41) is 8.87. The van der Waals surface area contributed by atoms with Gasteiger partial charge in [-0.05, 0) is 18.2 Å². The number of halogens is 6. The number of aliphatic hydroxyl groups excluding tert-OH is 1. The number of alkyl halides is 6. The van der Waals surface area contributed by atoms with Gasteiger partial charge in [0.15, 0.2) is 0 Å². The lowest BCUT2D eigenvalue weighted by molar-refractivity contribution is -0.143. The van der Waals surface area contributed by atoms with Crippen LogP contribution in [0.2, 0.25) is 0 Å². The first-order valence-electron chi connectivity index (χ1n) is 4.19. The molecule has 1 N–H and O–H groups in total. The van der Waals surface area contributed by atoms with Gasteiger partial charge in [-0.15, -0.1) is 0 Å². The Kier molecular flexibility index (Phi) is 3.13. The molecule has 0 aliphatic heterocycles. The van der Waals surface area contributed by atoms with E-state index in [4.69, 9.17) is 5.11 Å². The Labute approximate surface area is 92.0 Å². The van der Waals surface area contributed by atoms with Crippen LogP contribution in [0.5, 0.6) is 0 Å². The van der Waals surface area contributed by atoms with Crippen molar-refractivity contribution in [3.05, 3.63) is 41.5 Å². The van der Waals surface area contributed by atoms with Gasteiger partial charge in [0.2, 0.25) is 0 Å². The van der Waals surface area contributed by atoms with Crippen molar-refractivity contribution in [2.45, 2.75) is 12.4 Å². The molecule has 0 amide bonds. The van der Waals surface area contributed by atoms with Crippen molar-refractivity contribution >= 4 is 5.76 Å². The SMILES string of the molecule is C=C(O)c1cc(C(F)(F)F)cc(C(F)(F)F)c1. The van der Waals surface area contributed by atoms with Gasteiger partial charge in [0, 0.05) is 5.56 Å². The molecule has 0 saturated heterocycles. The summed E-state index contributed by atoms with van der Waals surface area (Å²) in [6.45, 7) is 2.89. The molecule has 0 atom stereocenters. The summed E-state index contributed by atoms with van der Waals surface area (Å²) in [6, 6.07) is 0.779. The predicted molar refractivity (Wildman–Crippen MR) is 48.1 cm³/mol. The summed E-state index contributed by atoms with van der Waals surface area (Å²) in [5.41, 5.74) is -3.60. The summed E-state index contributed by atoms with van der Waals surface area (Å²) >= 11 is 0. The second kappa shape index (κ2) is 3.97. The summed E-state index contributed by atoms with van der Waals surface area (Å²) < 4.78 is 73.9. The molecular weight excluding hydrogens is 250 g/mol. The van der Waals surface area contributed by atoms with E-state index in [0.717, 1.165) is 0 Å². The summed E-state index contributed by atoms with van der Waals surface area (Å²) in [5.74, 6) is -0.860. The molecule has 0 unspecified atom stereocenters. The van der Waals surface area contributed by atoms with E-state index in [2.05, 4.69) is 6.58 Å². The molecule has 0 heterocycles. The van der Waals surface area contributed by atoms with E-state index in [1.807, 2.05) is 0 Å². The second-order valence-corrected chi connectivity index (χ2v) is 3.24.